The first-order chi connectivity index (χ1) is 10.5. The highest BCUT2D eigenvalue weighted by Crippen LogP contribution is 2.31. The number of aromatic nitrogens is 1. The van der Waals surface area contributed by atoms with Gasteiger partial charge < -0.3 is 4.90 Å². The summed E-state index contributed by atoms with van der Waals surface area (Å²) in [4.78, 5) is 20.1. The van der Waals surface area contributed by atoms with Crippen molar-refractivity contribution in [3.05, 3.63) is 23.3 Å². The van der Waals surface area contributed by atoms with Gasteiger partial charge in [0, 0.05) is 6.92 Å². The third-order valence-corrected chi connectivity index (χ3v) is 5.42. The molecule has 0 aliphatic carbocycles. The van der Waals surface area contributed by atoms with Crippen LogP contribution >= 0.6 is 11.3 Å². The van der Waals surface area contributed by atoms with Gasteiger partial charge in [-0.25, -0.2) is 4.98 Å². The molecule has 0 spiro atoms. The topological polar surface area (TPSA) is 37.6 Å². The van der Waals surface area contributed by atoms with Crippen molar-refractivity contribution in [2.75, 3.05) is 31.1 Å². The van der Waals surface area contributed by atoms with E-state index in [0.717, 1.165) is 41.5 Å². The molecule has 1 aromatic carbocycles. The number of nitrogens with one attached hydrogen (secondary N) is 1. The highest BCUT2D eigenvalue weighted by Gasteiger charge is 2.19. The first-order valence-electron chi connectivity index (χ1n) is 7.96. The van der Waals surface area contributed by atoms with Crippen LogP contribution in [0.2, 0.25) is 0 Å². The summed E-state index contributed by atoms with van der Waals surface area (Å²) in [5, 5.41) is 0.822. The van der Waals surface area contributed by atoms with Crippen LogP contribution in [-0.2, 0) is 4.79 Å². The minimum absolute atomic E-state index is 0.0694. The van der Waals surface area contributed by atoms with Crippen molar-refractivity contribution in [1.82, 2.24) is 4.98 Å². The lowest BCUT2D eigenvalue weighted by molar-refractivity contribution is -0.894. The second-order valence-corrected chi connectivity index (χ2v) is 6.74. The van der Waals surface area contributed by atoms with Crippen LogP contribution in [0.5, 0.6) is 0 Å². The zero-order valence-electron chi connectivity index (χ0n) is 14.2. The van der Waals surface area contributed by atoms with Crippen LogP contribution in [-0.4, -0.2) is 37.1 Å². The summed E-state index contributed by atoms with van der Waals surface area (Å²) in [6.07, 6.45) is 0. The molecule has 0 fully saturated rings. The molecule has 0 aliphatic rings. The minimum atomic E-state index is 0.0694. The number of likely N-dealkylation sites (N-methyl/N-ethyl adjacent to an activating group) is 1. The van der Waals surface area contributed by atoms with Gasteiger partial charge in [0.15, 0.2) is 5.13 Å². The van der Waals surface area contributed by atoms with E-state index in [1.165, 1.54) is 16.0 Å². The zero-order chi connectivity index (χ0) is 16.3. The average molecular weight is 320 g/mol. The molecule has 2 rings (SSSR count). The SMILES string of the molecule is CC[NH+](CC)CCN(C(C)=O)c1nc2c(C)c(C)ccc2s1. The summed E-state index contributed by atoms with van der Waals surface area (Å²) in [7, 11) is 0. The Kier molecular flexibility index (Phi) is 5.53. The molecule has 0 bridgehead atoms. The Bertz CT molecular complexity index is 661. The van der Waals surface area contributed by atoms with Gasteiger partial charge in [0.1, 0.15) is 0 Å². The Morgan fingerprint density at radius 2 is 1.95 bits per heavy atom. The molecule has 0 aliphatic heterocycles. The van der Waals surface area contributed by atoms with Crippen molar-refractivity contribution >= 4 is 32.6 Å². The molecule has 120 valence electrons. The number of amides is 1. The molecular formula is C17H26N3OS+. The zero-order valence-corrected chi connectivity index (χ0v) is 15.0. The molecule has 0 radical (unpaired) electrons. The Hall–Kier alpha value is -1.46. The van der Waals surface area contributed by atoms with Crippen LogP contribution < -0.4 is 9.80 Å². The third-order valence-electron chi connectivity index (χ3n) is 4.37. The lowest BCUT2D eigenvalue weighted by atomic mass is 10.1. The number of carbonyl (C=O) groups excluding carboxylic acids is 1. The maximum Gasteiger partial charge on any atom is 0.225 e. The van der Waals surface area contributed by atoms with E-state index < -0.39 is 0 Å². The molecule has 0 saturated carbocycles. The fourth-order valence-corrected chi connectivity index (χ4v) is 3.69. The first-order valence-corrected chi connectivity index (χ1v) is 8.78. The molecule has 1 amide bonds. The standard InChI is InChI=1S/C17H25N3OS/c1-6-19(7-2)10-11-20(14(5)21)17-18-16-13(4)12(3)8-9-15(16)22-17/h8-9H,6-7,10-11H2,1-5H3/p+1. The van der Waals surface area contributed by atoms with E-state index in [2.05, 4.69) is 39.8 Å². The van der Waals surface area contributed by atoms with Crippen LogP contribution in [0.3, 0.4) is 0 Å². The lowest BCUT2D eigenvalue weighted by Crippen LogP contribution is -3.12. The van der Waals surface area contributed by atoms with E-state index in [4.69, 9.17) is 4.98 Å². The number of fused-ring (bicyclic) bond motifs is 1. The number of anilines is 1. The summed E-state index contributed by atoms with van der Waals surface area (Å²) in [6, 6.07) is 4.23. The van der Waals surface area contributed by atoms with Gasteiger partial charge in [0.05, 0.1) is 36.4 Å². The van der Waals surface area contributed by atoms with Gasteiger partial charge in [-0.3, -0.25) is 9.69 Å². The number of aryl methyl sites for hydroxylation is 2. The number of thiazole rings is 1. The molecule has 22 heavy (non-hydrogen) atoms. The maximum atomic E-state index is 12.0. The number of quaternary nitrogens is 1. The number of hydrogen-bond donors (Lipinski definition) is 1. The molecule has 0 unspecified atom stereocenters. The van der Waals surface area contributed by atoms with Crippen molar-refractivity contribution in [3.8, 4) is 0 Å². The van der Waals surface area contributed by atoms with Gasteiger partial charge in [-0.1, -0.05) is 17.4 Å². The van der Waals surface area contributed by atoms with Gasteiger partial charge in [-0.15, -0.1) is 0 Å². The van der Waals surface area contributed by atoms with Gasteiger partial charge in [0.25, 0.3) is 0 Å². The minimum Gasteiger partial charge on any atom is -0.334 e. The monoisotopic (exact) mass is 320 g/mol. The summed E-state index contributed by atoms with van der Waals surface area (Å²) in [6.45, 7) is 14.0. The molecule has 2 aromatic rings. The second-order valence-electron chi connectivity index (χ2n) is 5.73. The third kappa shape index (κ3) is 3.47. The highest BCUT2D eigenvalue weighted by atomic mass is 32.1. The predicted octanol–water partition coefficient (Wildman–Crippen LogP) is 2.19. The van der Waals surface area contributed by atoms with Crippen molar-refractivity contribution in [1.29, 1.82) is 0 Å². The molecule has 4 nitrogen and oxygen atoms in total. The molecule has 1 N–H and O–H groups in total. The number of hydrogen-bond acceptors (Lipinski definition) is 3. The number of benzene rings is 1. The molecule has 1 heterocycles. The Morgan fingerprint density at radius 3 is 2.55 bits per heavy atom. The Balaban J connectivity index is 2.29. The maximum absolute atomic E-state index is 12.0. The van der Waals surface area contributed by atoms with Gasteiger partial charge >= 0.3 is 0 Å². The van der Waals surface area contributed by atoms with E-state index in [0.29, 0.717) is 0 Å². The van der Waals surface area contributed by atoms with Crippen LogP contribution in [0.15, 0.2) is 12.1 Å². The van der Waals surface area contributed by atoms with E-state index in [1.54, 1.807) is 18.3 Å². The number of carbonyl (C=O) groups is 1. The predicted molar refractivity (Wildman–Crippen MR) is 94.0 cm³/mol. The van der Waals surface area contributed by atoms with E-state index in [9.17, 15) is 4.79 Å². The summed E-state index contributed by atoms with van der Waals surface area (Å²) >= 11 is 1.61. The first kappa shape index (κ1) is 16.9. The molecule has 0 atom stereocenters. The van der Waals surface area contributed by atoms with Crippen LogP contribution in [0.1, 0.15) is 31.9 Å². The fourth-order valence-electron chi connectivity index (χ4n) is 2.59. The second kappa shape index (κ2) is 7.20. The Morgan fingerprint density at radius 1 is 1.27 bits per heavy atom. The summed E-state index contributed by atoms with van der Waals surface area (Å²) in [5.74, 6) is 0.0694. The van der Waals surface area contributed by atoms with Crippen LogP contribution in [0.25, 0.3) is 10.2 Å². The summed E-state index contributed by atoms with van der Waals surface area (Å²) in [5.41, 5.74) is 3.48. The molecular weight excluding hydrogens is 294 g/mol. The normalized spacial score (nSPS) is 11.4. The summed E-state index contributed by atoms with van der Waals surface area (Å²) < 4.78 is 1.15. The Labute approximate surface area is 136 Å². The van der Waals surface area contributed by atoms with E-state index >= 15 is 0 Å². The van der Waals surface area contributed by atoms with Crippen molar-refractivity contribution in [2.24, 2.45) is 0 Å². The largest absolute Gasteiger partial charge is 0.334 e. The number of rotatable bonds is 6. The van der Waals surface area contributed by atoms with Crippen LogP contribution in [0.4, 0.5) is 5.13 Å². The van der Waals surface area contributed by atoms with Gasteiger partial charge in [-0.2, -0.15) is 0 Å². The lowest BCUT2D eigenvalue weighted by Gasteiger charge is -2.21. The van der Waals surface area contributed by atoms with Crippen LogP contribution in [0, 0.1) is 13.8 Å². The quantitative estimate of drug-likeness (QED) is 0.886. The molecule has 1 aromatic heterocycles. The average Bonchev–Trinajstić information content (AvgIpc) is 2.91. The van der Waals surface area contributed by atoms with Gasteiger partial charge in [0.2, 0.25) is 5.91 Å². The van der Waals surface area contributed by atoms with E-state index in [1.807, 2.05) is 4.90 Å². The highest BCUT2D eigenvalue weighted by molar-refractivity contribution is 7.22. The molecule has 5 heteroatoms. The number of nitrogens with zero attached hydrogens (tertiary/aromatic N) is 2. The van der Waals surface area contributed by atoms with Crippen molar-refractivity contribution < 1.29 is 9.69 Å². The van der Waals surface area contributed by atoms with E-state index in [-0.39, 0.29) is 5.91 Å². The van der Waals surface area contributed by atoms with Gasteiger partial charge in [-0.05, 0) is 44.9 Å². The smallest absolute Gasteiger partial charge is 0.225 e. The van der Waals surface area contributed by atoms with Crippen molar-refractivity contribution in [2.45, 2.75) is 34.6 Å². The van der Waals surface area contributed by atoms with Crippen molar-refractivity contribution in [3.63, 3.8) is 0 Å². The molecule has 0 saturated heterocycles. The fraction of sp³-hybridized carbons (Fsp3) is 0.529.